The molecule has 0 saturated heterocycles. The molecular formula is C15H14N4S. The topological polar surface area (TPSA) is 43.6 Å². The average molecular weight is 282 g/mol. The molecule has 0 aliphatic heterocycles. The summed E-state index contributed by atoms with van der Waals surface area (Å²) in [5.41, 5.74) is 2.55. The van der Waals surface area contributed by atoms with Gasteiger partial charge in [0.15, 0.2) is 5.82 Å². The van der Waals surface area contributed by atoms with Crippen LogP contribution in [0.2, 0.25) is 0 Å². The first-order valence-electron chi connectivity index (χ1n) is 6.32. The molecule has 2 heterocycles. The highest BCUT2D eigenvalue weighted by Gasteiger charge is 2.08. The minimum Gasteiger partial charge on any atom is -0.244 e. The fourth-order valence-electron chi connectivity index (χ4n) is 1.81. The van der Waals surface area contributed by atoms with Gasteiger partial charge in [0, 0.05) is 30.5 Å². The van der Waals surface area contributed by atoms with Crippen LogP contribution in [0.1, 0.15) is 11.1 Å². The molecule has 1 aromatic carbocycles. The van der Waals surface area contributed by atoms with Gasteiger partial charge in [-0.1, -0.05) is 41.6 Å². The Hall–Kier alpha value is -2.14. The number of aromatic nitrogens is 4. The molecular weight excluding hydrogens is 268 g/mol. The summed E-state index contributed by atoms with van der Waals surface area (Å²) in [4.78, 5) is 8.77. The van der Waals surface area contributed by atoms with Crippen molar-refractivity contribution < 1.29 is 0 Å². The largest absolute Gasteiger partial charge is 0.244 e. The molecule has 4 nitrogen and oxygen atoms in total. The number of rotatable bonds is 4. The highest BCUT2D eigenvalue weighted by molar-refractivity contribution is 7.98. The van der Waals surface area contributed by atoms with E-state index in [2.05, 4.69) is 46.3 Å². The van der Waals surface area contributed by atoms with E-state index in [-0.39, 0.29) is 0 Å². The zero-order valence-corrected chi connectivity index (χ0v) is 11.9. The summed E-state index contributed by atoms with van der Waals surface area (Å²) >= 11 is 1.67. The van der Waals surface area contributed by atoms with Crippen LogP contribution in [-0.4, -0.2) is 19.7 Å². The van der Waals surface area contributed by atoms with Crippen molar-refractivity contribution in [1.82, 2.24) is 19.7 Å². The molecule has 0 spiro atoms. The molecule has 0 bridgehead atoms. The monoisotopic (exact) mass is 282 g/mol. The van der Waals surface area contributed by atoms with E-state index in [1.54, 1.807) is 35.0 Å². The maximum Gasteiger partial charge on any atom is 0.186 e. The molecule has 0 amide bonds. The van der Waals surface area contributed by atoms with Gasteiger partial charge in [-0.25, -0.2) is 14.6 Å². The first kappa shape index (κ1) is 12.9. The Labute approximate surface area is 121 Å². The van der Waals surface area contributed by atoms with Crippen LogP contribution in [-0.2, 0) is 5.75 Å². The number of benzene rings is 1. The van der Waals surface area contributed by atoms with Crippen molar-refractivity contribution >= 4 is 11.8 Å². The van der Waals surface area contributed by atoms with Gasteiger partial charge in [0.25, 0.3) is 0 Å². The Morgan fingerprint density at radius 1 is 1.05 bits per heavy atom. The molecule has 3 rings (SSSR count). The lowest BCUT2D eigenvalue weighted by Gasteiger charge is -2.07. The molecule has 0 aliphatic rings. The molecule has 0 radical (unpaired) electrons. The summed E-state index contributed by atoms with van der Waals surface area (Å²) in [6, 6.07) is 10.4. The van der Waals surface area contributed by atoms with Crippen LogP contribution < -0.4 is 0 Å². The molecule has 5 heteroatoms. The lowest BCUT2D eigenvalue weighted by atomic mass is 10.2. The zero-order chi connectivity index (χ0) is 13.8. The van der Waals surface area contributed by atoms with Gasteiger partial charge < -0.3 is 0 Å². The number of hydrogen-bond acceptors (Lipinski definition) is 4. The van der Waals surface area contributed by atoms with E-state index in [1.165, 1.54) is 11.1 Å². The Kier molecular flexibility index (Phi) is 3.78. The van der Waals surface area contributed by atoms with Crippen LogP contribution in [0.15, 0.2) is 60.1 Å². The van der Waals surface area contributed by atoms with Gasteiger partial charge in [-0.15, -0.1) is 0 Å². The van der Waals surface area contributed by atoms with Crippen LogP contribution in [0.3, 0.4) is 0 Å². The minimum atomic E-state index is 0.773. The SMILES string of the molecule is Cc1ccc(CSc2nccnc2-n2cccn2)cc1. The zero-order valence-electron chi connectivity index (χ0n) is 11.1. The van der Waals surface area contributed by atoms with E-state index in [4.69, 9.17) is 0 Å². The third kappa shape index (κ3) is 2.88. The van der Waals surface area contributed by atoms with Crippen LogP contribution in [0.4, 0.5) is 0 Å². The van der Waals surface area contributed by atoms with Crippen LogP contribution in [0.5, 0.6) is 0 Å². The first-order chi connectivity index (χ1) is 9.83. The summed E-state index contributed by atoms with van der Waals surface area (Å²) in [6.45, 7) is 2.09. The van der Waals surface area contributed by atoms with Gasteiger partial charge >= 0.3 is 0 Å². The van der Waals surface area contributed by atoms with Crippen molar-refractivity contribution in [3.05, 3.63) is 66.2 Å². The van der Waals surface area contributed by atoms with Crippen molar-refractivity contribution in [2.75, 3.05) is 0 Å². The summed E-state index contributed by atoms with van der Waals surface area (Å²) in [5.74, 6) is 1.64. The average Bonchev–Trinajstić information content (AvgIpc) is 3.01. The van der Waals surface area contributed by atoms with Crippen molar-refractivity contribution in [3.63, 3.8) is 0 Å². The van der Waals surface area contributed by atoms with E-state index in [1.807, 2.05) is 12.3 Å². The van der Waals surface area contributed by atoms with Crippen LogP contribution in [0, 0.1) is 6.92 Å². The highest BCUT2D eigenvalue weighted by Crippen LogP contribution is 2.24. The van der Waals surface area contributed by atoms with Crippen LogP contribution in [0.25, 0.3) is 5.82 Å². The van der Waals surface area contributed by atoms with Crippen molar-refractivity contribution in [3.8, 4) is 5.82 Å². The van der Waals surface area contributed by atoms with E-state index < -0.39 is 0 Å². The van der Waals surface area contributed by atoms with Gasteiger partial charge in [-0.2, -0.15) is 5.10 Å². The van der Waals surface area contributed by atoms with Gasteiger partial charge in [-0.3, -0.25) is 0 Å². The van der Waals surface area contributed by atoms with Gasteiger partial charge in [0.1, 0.15) is 5.03 Å². The Morgan fingerprint density at radius 2 is 1.85 bits per heavy atom. The molecule has 0 N–H and O–H groups in total. The molecule has 0 aliphatic carbocycles. The maximum atomic E-state index is 4.41. The molecule has 2 aromatic heterocycles. The maximum absolute atomic E-state index is 4.41. The summed E-state index contributed by atoms with van der Waals surface area (Å²) in [5, 5.41) is 5.10. The Bertz CT molecular complexity index is 677. The summed E-state index contributed by atoms with van der Waals surface area (Å²) < 4.78 is 1.74. The Morgan fingerprint density at radius 3 is 2.60 bits per heavy atom. The van der Waals surface area contributed by atoms with Crippen molar-refractivity contribution in [1.29, 1.82) is 0 Å². The smallest absolute Gasteiger partial charge is 0.186 e. The molecule has 0 unspecified atom stereocenters. The lowest BCUT2D eigenvalue weighted by Crippen LogP contribution is -2.01. The van der Waals surface area contributed by atoms with E-state index in [0.717, 1.165) is 16.6 Å². The minimum absolute atomic E-state index is 0.773. The van der Waals surface area contributed by atoms with Gasteiger partial charge in [-0.05, 0) is 18.6 Å². The molecule has 3 aromatic rings. The van der Waals surface area contributed by atoms with Crippen molar-refractivity contribution in [2.45, 2.75) is 17.7 Å². The predicted octanol–water partition coefficient (Wildman–Crippen LogP) is 3.26. The molecule has 0 fully saturated rings. The quantitative estimate of drug-likeness (QED) is 0.689. The summed E-state index contributed by atoms with van der Waals surface area (Å²) in [7, 11) is 0. The normalized spacial score (nSPS) is 10.7. The number of nitrogens with zero attached hydrogens (tertiary/aromatic N) is 4. The molecule has 20 heavy (non-hydrogen) atoms. The number of aryl methyl sites for hydroxylation is 1. The van der Waals surface area contributed by atoms with E-state index in [0.29, 0.717) is 0 Å². The first-order valence-corrected chi connectivity index (χ1v) is 7.31. The predicted molar refractivity (Wildman–Crippen MR) is 79.9 cm³/mol. The summed E-state index contributed by atoms with van der Waals surface area (Å²) in [6.07, 6.45) is 7.01. The van der Waals surface area contributed by atoms with Crippen molar-refractivity contribution in [2.24, 2.45) is 0 Å². The Balaban J connectivity index is 1.79. The second kappa shape index (κ2) is 5.88. The van der Waals surface area contributed by atoms with Crippen LogP contribution >= 0.6 is 11.8 Å². The number of thioether (sulfide) groups is 1. The number of hydrogen-bond donors (Lipinski definition) is 0. The van der Waals surface area contributed by atoms with E-state index >= 15 is 0 Å². The second-order valence-corrected chi connectivity index (χ2v) is 5.37. The highest BCUT2D eigenvalue weighted by atomic mass is 32.2. The van der Waals surface area contributed by atoms with Gasteiger partial charge in [0.2, 0.25) is 0 Å². The standard InChI is InChI=1S/C15H14N4S/c1-12-3-5-13(6-4-12)11-20-15-14(16-8-9-17-15)19-10-2-7-18-19/h2-10H,11H2,1H3. The molecule has 0 saturated carbocycles. The van der Waals surface area contributed by atoms with E-state index in [9.17, 15) is 0 Å². The molecule has 0 atom stereocenters. The fourth-order valence-corrected chi connectivity index (χ4v) is 2.71. The van der Waals surface area contributed by atoms with Gasteiger partial charge in [0.05, 0.1) is 0 Å². The second-order valence-electron chi connectivity index (χ2n) is 4.41. The fraction of sp³-hybridized carbons (Fsp3) is 0.133. The third-order valence-corrected chi connectivity index (χ3v) is 3.90. The molecule has 100 valence electrons. The lowest BCUT2D eigenvalue weighted by molar-refractivity contribution is 0.802. The third-order valence-electron chi connectivity index (χ3n) is 2.86.